The van der Waals surface area contributed by atoms with Crippen LogP contribution in [-0.4, -0.2) is 18.7 Å². The van der Waals surface area contributed by atoms with Crippen molar-refractivity contribution >= 4 is 17.2 Å². The molecule has 0 fully saturated rings. The van der Waals surface area contributed by atoms with E-state index in [9.17, 15) is 18.0 Å². The van der Waals surface area contributed by atoms with Crippen molar-refractivity contribution in [3.05, 3.63) is 51.7 Å². The molecule has 0 saturated heterocycles. The number of aryl methyl sites for hydroxylation is 1. The first-order valence-electron chi connectivity index (χ1n) is 6.46. The monoisotopic (exact) mass is 329 g/mol. The van der Waals surface area contributed by atoms with E-state index in [-0.39, 0.29) is 11.7 Å². The van der Waals surface area contributed by atoms with Crippen molar-refractivity contribution in [2.24, 2.45) is 0 Å². The van der Waals surface area contributed by atoms with E-state index in [2.05, 4.69) is 10.1 Å². The van der Waals surface area contributed by atoms with Crippen LogP contribution in [0.5, 0.6) is 5.75 Å². The van der Waals surface area contributed by atoms with Crippen LogP contribution in [-0.2, 0) is 6.54 Å². The van der Waals surface area contributed by atoms with Crippen molar-refractivity contribution in [3.8, 4) is 5.75 Å². The quantitative estimate of drug-likeness (QED) is 0.903. The smallest absolute Gasteiger partial charge is 0.422 e. The van der Waals surface area contributed by atoms with Crippen LogP contribution in [0.1, 0.15) is 20.1 Å². The number of ether oxygens (including phenoxy) is 1. The molecule has 0 aliphatic rings. The van der Waals surface area contributed by atoms with Crippen LogP contribution in [0.4, 0.5) is 13.2 Å². The molecule has 0 radical (unpaired) electrons. The fourth-order valence-electron chi connectivity index (χ4n) is 1.69. The number of halogens is 3. The molecule has 1 amide bonds. The summed E-state index contributed by atoms with van der Waals surface area (Å²) in [6, 6.07) is 9.75. The van der Waals surface area contributed by atoms with Gasteiger partial charge in [0, 0.05) is 11.4 Å². The maximum atomic E-state index is 12.0. The van der Waals surface area contributed by atoms with E-state index in [0.717, 1.165) is 10.4 Å². The van der Waals surface area contributed by atoms with Crippen LogP contribution < -0.4 is 10.1 Å². The van der Waals surface area contributed by atoms with Gasteiger partial charge in [-0.1, -0.05) is 12.1 Å². The van der Waals surface area contributed by atoms with E-state index in [1.54, 1.807) is 18.2 Å². The molecule has 7 heteroatoms. The third-order valence-electron chi connectivity index (χ3n) is 2.74. The number of hydrogen-bond acceptors (Lipinski definition) is 3. The highest BCUT2D eigenvalue weighted by Crippen LogP contribution is 2.19. The lowest BCUT2D eigenvalue weighted by atomic mass is 10.2. The Morgan fingerprint density at radius 1 is 1.18 bits per heavy atom. The van der Waals surface area contributed by atoms with Crippen molar-refractivity contribution in [1.82, 2.24) is 5.32 Å². The van der Waals surface area contributed by atoms with Gasteiger partial charge in [0.1, 0.15) is 5.75 Å². The van der Waals surface area contributed by atoms with Crippen molar-refractivity contribution in [3.63, 3.8) is 0 Å². The molecule has 0 saturated carbocycles. The first-order chi connectivity index (χ1) is 10.3. The zero-order valence-electron chi connectivity index (χ0n) is 11.7. The Morgan fingerprint density at radius 3 is 2.41 bits per heavy atom. The third kappa shape index (κ3) is 5.07. The molecule has 1 heterocycles. The largest absolute Gasteiger partial charge is 0.484 e. The fourth-order valence-corrected chi connectivity index (χ4v) is 2.48. The molecule has 1 aromatic carbocycles. The predicted molar refractivity (Wildman–Crippen MR) is 78.2 cm³/mol. The van der Waals surface area contributed by atoms with E-state index in [4.69, 9.17) is 0 Å². The molecule has 22 heavy (non-hydrogen) atoms. The van der Waals surface area contributed by atoms with Crippen molar-refractivity contribution < 1.29 is 22.7 Å². The number of benzene rings is 1. The van der Waals surface area contributed by atoms with Crippen LogP contribution in [0.25, 0.3) is 0 Å². The average molecular weight is 329 g/mol. The lowest BCUT2D eigenvalue weighted by molar-refractivity contribution is -0.153. The van der Waals surface area contributed by atoms with Gasteiger partial charge in [0.25, 0.3) is 5.91 Å². The molecule has 0 aliphatic heterocycles. The summed E-state index contributed by atoms with van der Waals surface area (Å²) in [6.07, 6.45) is -4.36. The van der Waals surface area contributed by atoms with Crippen molar-refractivity contribution in [2.75, 3.05) is 6.61 Å². The Balaban J connectivity index is 1.85. The Bertz CT molecular complexity index is 635. The first-order valence-corrected chi connectivity index (χ1v) is 7.28. The van der Waals surface area contributed by atoms with Crippen molar-refractivity contribution in [1.29, 1.82) is 0 Å². The number of hydrogen-bond donors (Lipinski definition) is 1. The summed E-state index contributed by atoms with van der Waals surface area (Å²) in [6.45, 7) is 0.900. The number of alkyl halides is 3. The zero-order chi connectivity index (χ0) is 16.2. The number of thiophene rings is 1. The SMILES string of the molecule is Cc1ccc(C(=O)NCc2ccc(OCC(F)(F)F)cc2)s1. The maximum absolute atomic E-state index is 12.0. The summed E-state index contributed by atoms with van der Waals surface area (Å²) in [5, 5.41) is 2.75. The number of carbonyl (C=O) groups is 1. The molecule has 1 N–H and O–H groups in total. The van der Waals surface area contributed by atoms with Gasteiger partial charge in [-0.05, 0) is 36.8 Å². The minimum Gasteiger partial charge on any atom is -0.484 e. The molecule has 0 unspecified atom stereocenters. The molecule has 3 nitrogen and oxygen atoms in total. The minimum absolute atomic E-state index is 0.140. The molecular weight excluding hydrogens is 315 g/mol. The van der Waals surface area contributed by atoms with Gasteiger partial charge < -0.3 is 10.1 Å². The number of rotatable bonds is 5. The lowest BCUT2D eigenvalue weighted by Gasteiger charge is -2.09. The van der Waals surface area contributed by atoms with Gasteiger partial charge in [-0.3, -0.25) is 4.79 Å². The predicted octanol–water partition coefficient (Wildman–Crippen LogP) is 3.93. The van der Waals surface area contributed by atoms with Gasteiger partial charge in [-0.15, -0.1) is 11.3 Å². The molecule has 2 rings (SSSR count). The van der Waals surface area contributed by atoms with Crippen LogP contribution in [0.2, 0.25) is 0 Å². The summed E-state index contributed by atoms with van der Waals surface area (Å²) in [5.41, 5.74) is 0.779. The molecule has 0 atom stereocenters. The molecule has 2 aromatic rings. The van der Waals surface area contributed by atoms with E-state index >= 15 is 0 Å². The highest BCUT2D eigenvalue weighted by Gasteiger charge is 2.28. The van der Waals surface area contributed by atoms with Gasteiger partial charge in [0.15, 0.2) is 6.61 Å². The first kappa shape index (κ1) is 16.4. The van der Waals surface area contributed by atoms with E-state index in [0.29, 0.717) is 11.4 Å². The van der Waals surface area contributed by atoms with Gasteiger partial charge in [-0.2, -0.15) is 13.2 Å². The second-order valence-electron chi connectivity index (χ2n) is 4.64. The Morgan fingerprint density at radius 2 is 1.86 bits per heavy atom. The summed E-state index contributed by atoms with van der Waals surface area (Å²) >= 11 is 1.40. The maximum Gasteiger partial charge on any atom is 0.422 e. The van der Waals surface area contributed by atoms with Crippen LogP contribution >= 0.6 is 11.3 Å². The Hall–Kier alpha value is -2.02. The topological polar surface area (TPSA) is 38.3 Å². The normalized spacial score (nSPS) is 11.3. The number of nitrogens with one attached hydrogen (secondary N) is 1. The third-order valence-corrected chi connectivity index (χ3v) is 3.74. The Kier molecular flexibility index (Phi) is 5.07. The molecular formula is C15H14F3NO2S. The van der Waals surface area contributed by atoms with Crippen LogP contribution in [0.15, 0.2) is 36.4 Å². The molecule has 0 bridgehead atoms. The lowest BCUT2D eigenvalue weighted by Crippen LogP contribution is -2.21. The summed E-state index contributed by atoms with van der Waals surface area (Å²) < 4.78 is 40.7. The van der Waals surface area contributed by atoms with Gasteiger partial charge in [-0.25, -0.2) is 0 Å². The molecule has 118 valence electrons. The van der Waals surface area contributed by atoms with Gasteiger partial charge in [0.05, 0.1) is 4.88 Å². The second kappa shape index (κ2) is 6.83. The van der Waals surface area contributed by atoms with E-state index < -0.39 is 12.8 Å². The van der Waals surface area contributed by atoms with Crippen LogP contribution in [0, 0.1) is 6.92 Å². The van der Waals surface area contributed by atoms with Crippen LogP contribution in [0.3, 0.4) is 0 Å². The minimum atomic E-state index is -4.36. The highest BCUT2D eigenvalue weighted by molar-refractivity contribution is 7.13. The fraction of sp³-hybridized carbons (Fsp3) is 0.267. The van der Waals surface area contributed by atoms with E-state index in [1.165, 1.54) is 23.5 Å². The average Bonchev–Trinajstić information content (AvgIpc) is 2.89. The standard InChI is InChI=1S/C15H14F3NO2S/c1-10-2-7-13(22-10)14(20)19-8-11-3-5-12(6-4-11)21-9-15(16,17)18/h2-7H,8-9H2,1H3,(H,19,20). The Labute approximate surface area is 129 Å². The summed E-state index contributed by atoms with van der Waals surface area (Å²) in [7, 11) is 0. The van der Waals surface area contributed by atoms with Gasteiger partial charge in [0.2, 0.25) is 0 Å². The number of amides is 1. The second-order valence-corrected chi connectivity index (χ2v) is 5.93. The van der Waals surface area contributed by atoms with E-state index in [1.807, 2.05) is 13.0 Å². The molecule has 0 aliphatic carbocycles. The molecule has 0 spiro atoms. The summed E-state index contributed by atoms with van der Waals surface area (Å²) in [4.78, 5) is 13.5. The van der Waals surface area contributed by atoms with Crippen molar-refractivity contribution in [2.45, 2.75) is 19.6 Å². The zero-order valence-corrected chi connectivity index (χ0v) is 12.6. The summed E-state index contributed by atoms with van der Waals surface area (Å²) in [5.74, 6) is -0.0308. The number of carbonyl (C=O) groups excluding carboxylic acids is 1. The highest BCUT2D eigenvalue weighted by atomic mass is 32.1. The molecule has 1 aromatic heterocycles. The van der Waals surface area contributed by atoms with Gasteiger partial charge >= 0.3 is 6.18 Å².